The topological polar surface area (TPSA) is 89.9 Å². The van der Waals surface area contributed by atoms with E-state index in [4.69, 9.17) is 5.11 Å². The van der Waals surface area contributed by atoms with Crippen LogP contribution in [0.4, 0.5) is 4.79 Å². The minimum Gasteiger partial charge on any atom is -0.478 e. The lowest BCUT2D eigenvalue weighted by atomic mass is 10.1. The van der Waals surface area contributed by atoms with Crippen LogP contribution in [0, 0.1) is 0 Å². The van der Waals surface area contributed by atoms with Crippen LogP contribution in [0.1, 0.15) is 25.7 Å². The Morgan fingerprint density at radius 3 is 2.43 bits per heavy atom. The van der Waals surface area contributed by atoms with Crippen molar-refractivity contribution in [1.82, 2.24) is 15.1 Å². The van der Waals surface area contributed by atoms with Crippen LogP contribution >= 0.6 is 0 Å². The third-order valence-corrected chi connectivity index (χ3v) is 3.97. The average Bonchev–Trinajstić information content (AvgIpc) is 2.96. The Morgan fingerprint density at radius 2 is 1.76 bits per heavy atom. The molecule has 1 atom stereocenters. The third kappa shape index (κ3) is 4.56. The van der Waals surface area contributed by atoms with Gasteiger partial charge in [0, 0.05) is 31.3 Å². The number of imide groups is 1. The molecule has 116 valence electrons. The summed E-state index contributed by atoms with van der Waals surface area (Å²) in [6.07, 6.45) is 6.17. The van der Waals surface area contributed by atoms with E-state index >= 15 is 0 Å². The highest BCUT2D eigenvalue weighted by atomic mass is 16.4. The van der Waals surface area contributed by atoms with Gasteiger partial charge >= 0.3 is 12.0 Å². The molecule has 0 aliphatic carbocycles. The number of rotatable bonds is 3. The first-order valence-electron chi connectivity index (χ1n) is 7.31. The van der Waals surface area contributed by atoms with Gasteiger partial charge in [-0.05, 0) is 32.4 Å². The zero-order valence-electron chi connectivity index (χ0n) is 12.0. The predicted molar refractivity (Wildman–Crippen MR) is 75.7 cm³/mol. The summed E-state index contributed by atoms with van der Waals surface area (Å²) in [6.45, 7) is 3.42. The van der Waals surface area contributed by atoms with Gasteiger partial charge in [-0.1, -0.05) is 6.42 Å². The number of urea groups is 1. The van der Waals surface area contributed by atoms with E-state index in [1.165, 1.54) is 19.3 Å². The highest BCUT2D eigenvalue weighted by Gasteiger charge is 2.31. The Morgan fingerprint density at radius 1 is 1.05 bits per heavy atom. The van der Waals surface area contributed by atoms with Gasteiger partial charge in [0.25, 0.3) is 5.91 Å². The number of carboxylic acids is 1. The standard InChI is InChI=1S/C14H21N3O4/c18-12(4-5-13(19)20)15-14(21)17-9-6-11(10-17)16-7-2-1-3-8-16/h4-5,11H,1-3,6-10H2,(H,19,20)(H,15,18,21). The molecule has 0 aromatic rings. The van der Waals surface area contributed by atoms with E-state index in [1.807, 2.05) is 0 Å². The Kier molecular flexibility index (Phi) is 5.32. The molecule has 1 unspecified atom stereocenters. The molecule has 0 bridgehead atoms. The molecular weight excluding hydrogens is 274 g/mol. The minimum absolute atomic E-state index is 0.376. The monoisotopic (exact) mass is 295 g/mol. The van der Waals surface area contributed by atoms with Crippen LogP contribution in [0.5, 0.6) is 0 Å². The molecule has 0 spiro atoms. The van der Waals surface area contributed by atoms with Gasteiger partial charge in [-0.3, -0.25) is 15.0 Å². The second-order valence-electron chi connectivity index (χ2n) is 5.45. The van der Waals surface area contributed by atoms with Gasteiger partial charge in [-0.25, -0.2) is 9.59 Å². The van der Waals surface area contributed by atoms with Gasteiger partial charge in [0.1, 0.15) is 0 Å². The van der Waals surface area contributed by atoms with Gasteiger partial charge < -0.3 is 10.0 Å². The van der Waals surface area contributed by atoms with Crippen molar-refractivity contribution >= 4 is 17.9 Å². The number of aliphatic carboxylic acids is 1. The van der Waals surface area contributed by atoms with Gasteiger partial charge in [-0.2, -0.15) is 0 Å². The minimum atomic E-state index is -1.22. The Balaban J connectivity index is 1.79. The maximum Gasteiger partial charge on any atom is 0.328 e. The number of nitrogens with one attached hydrogen (secondary N) is 1. The van der Waals surface area contributed by atoms with Crippen LogP contribution < -0.4 is 5.32 Å². The average molecular weight is 295 g/mol. The zero-order valence-corrected chi connectivity index (χ0v) is 12.0. The first kappa shape index (κ1) is 15.5. The third-order valence-electron chi connectivity index (χ3n) is 3.97. The van der Waals surface area contributed by atoms with Crippen molar-refractivity contribution in [2.45, 2.75) is 31.7 Å². The lowest BCUT2D eigenvalue weighted by Crippen LogP contribution is -2.44. The van der Waals surface area contributed by atoms with Crippen LogP contribution in [0.3, 0.4) is 0 Å². The molecule has 2 heterocycles. The fourth-order valence-corrected chi connectivity index (χ4v) is 2.88. The number of hydrogen-bond acceptors (Lipinski definition) is 4. The smallest absolute Gasteiger partial charge is 0.328 e. The summed E-state index contributed by atoms with van der Waals surface area (Å²) < 4.78 is 0. The number of amides is 3. The maximum absolute atomic E-state index is 11.9. The molecule has 2 rings (SSSR count). The molecule has 2 aliphatic rings. The number of likely N-dealkylation sites (tertiary alicyclic amines) is 2. The first-order chi connectivity index (χ1) is 10.1. The fraction of sp³-hybridized carbons (Fsp3) is 0.643. The molecule has 2 fully saturated rings. The number of carboxylic acid groups (broad SMARTS) is 1. The highest BCUT2D eigenvalue weighted by molar-refractivity contribution is 6.02. The van der Waals surface area contributed by atoms with Crippen molar-refractivity contribution in [1.29, 1.82) is 0 Å². The number of piperidine rings is 1. The van der Waals surface area contributed by atoms with E-state index in [0.29, 0.717) is 25.2 Å². The summed E-state index contributed by atoms with van der Waals surface area (Å²) in [4.78, 5) is 37.6. The normalized spacial score (nSPS) is 23.4. The maximum atomic E-state index is 11.9. The van der Waals surface area contributed by atoms with E-state index in [9.17, 15) is 14.4 Å². The van der Waals surface area contributed by atoms with Crippen LogP contribution in [0.25, 0.3) is 0 Å². The SMILES string of the molecule is O=C(O)C=CC(=O)NC(=O)N1CCC(N2CCCCC2)C1. The van der Waals surface area contributed by atoms with Gasteiger partial charge in [0.2, 0.25) is 0 Å². The molecular formula is C14H21N3O4. The van der Waals surface area contributed by atoms with Gasteiger partial charge in [0.15, 0.2) is 0 Å². The Hall–Kier alpha value is -1.89. The van der Waals surface area contributed by atoms with Crippen LogP contribution in [0.15, 0.2) is 12.2 Å². The lowest BCUT2D eigenvalue weighted by molar-refractivity contribution is -0.131. The molecule has 2 aliphatic heterocycles. The molecule has 0 aromatic carbocycles. The number of carbonyl (C=O) groups is 3. The van der Waals surface area contributed by atoms with E-state index in [1.54, 1.807) is 4.90 Å². The van der Waals surface area contributed by atoms with E-state index in [2.05, 4.69) is 10.2 Å². The quantitative estimate of drug-likeness (QED) is 0.737. The second kappa shape index (κ2) is 7.21. The van der Waals surface area contributed by atoms with Crippen molar-refractivity contribution in [2.24, 2.45) is 0 Å². The lowest BCUT2D eigenvalue weighted by Gasteiger charge is -2.32. The number of hydrogen-bond donors (Lipinski definition) is 2. The first-order valence-corrected chi connectivity index (χ1v) is 7.31. The molecule has 0 radical (unpaired) electrons. The summed E-state index contributed by atoms with van der Waals surface area (Å²) in [7, 11) is 0. The van der Waals surface area contributed by atoms with E-state index < -0.39 is 17.9 Å². The molecule has 2 N–H and O–H groups in total. The van der Waals surface area contributed by atoms with E-state index in [0.717, 1.165) is 25.6 Å². The van der Waals surface area contributed by atoms with E-state index in [-0.39, 0.29) is 0 Å². The highest BCUT2D eigenvalue weighted by Crippen LogP contribution is 2.20. The second-order valence-corrected chi connectivity index (χ2v) is 5.45. The van der Waals surface area contributed by atoms with Crippen molar-refractivity contribution in [3.63, 3.8) is 0 Å². The zero-order chi connectivity index (χ0) is 15.2. The summed E-state index contributed by atoms with van der Waals surface area (Å²) in [5.41, 5.74) is 0. The summed E-state index contributed by atoms with van der Waals surface area (Å²) in [5, 5.41) is 10.6. The molecule has 0 saturated carbocycles. The molecule has 2 saturated heterocycles. The van der Waals surface area contributed by atoms with Crippen LogP contribution in [-0.2, 0) is 9.59 Å². The predicted octanol–water partition coefficient (Wildman–Crippen LogP) is 0.424. The van der Waals surface area contributed by atoms with Crippen molar-refractivity contribution < 1.29 is 19.5 Å². The number of carbonyl (C=O) groups excluding carboxylic acids is 2. The number of nitrogens with zero attached hydrogens (tertiary/aromatic N) is 2. The molecule has 21 heavy (non-hydrogen) atoms. The van der Waals surface area contributed by atoms with Crippen LogP contribution in [0.2, 0.25) is 0 Å². The van der Waals surface area contributed by atoms with Gasteiger partial charge in [-0.15, -0.1) is 0 Å². The molecule has 7 heteroatoms. The summed E-state index contributed by atoms with van der Waals surface area (Å²) in [5.74, 6) is -1.92. The fourth-order valence-electron chi connectivity index (χ4n) is 2.88. The van der Waals surface area contributed by atoms with Crippen molar-refractivity contribution in [3.05, 3.63) is 12.2 Å². The molecule has 0 aromatic heterocycles. The summed E-state index contributed by atoms with van der Waals surface area (Å²) >= 11 is 0. The summed E-state index contributed by atoms with van der Waals surface area (Å²) in [6, 6.07) is -0.0738. The Labute approximate surface area is 123 Å². The largest absolute Gasteiger partial charge is 0.478 e. The van der Waals surface area contributed by atoms with Crippen LogP contribution in [-0.4, -0.2) is 65.0 Å². The Bertz CT molecular complexity index is 444. The molecule has 7 nitrogen and oxygen atoms in total. The van der Waals surface area contributed by atoms with Crippen molar-refractivity contribution in [2.75, 3.05) is 26.2 Å². The van der Waals surface area contributed by atoms with Crippen molar-refractivity contribution in [3.8, 4) is 0 Å². The molecule has 3 amide bonds. The van der Waals surface area contributed by atoms with Gasteiger partial charge in [0.05, 0.1) is 0 Å².